The molecule has 8 nitrogen and oxygen atoms in total. The van der Waals surface area contributed by atoms with Crippen molar-refractivity contribution in [1.29, 1.82) is 0 Å². The van der Waals surface area contributed by atoms with Crippen LogP contribution in [-0.2, 0) is 11.3 Å². The number of carbonyl (C=O) groups is 2. The van der Waals surface area contributed by atoms with E-state index < -0.39 is 17.2 Å². The second kappa shape index (κ2) is 10.3. The molecule has 0 aliphatic carbocycles. The molecule has 29 heavy (non-hydrogen) atoms. The minimum Gasteiger partial charge on any atom is -0.372 e. The lowest BCUT2D eigenvalue weighted by Gasteiger charge is -2.21. The number of nitrogens with one attached hydrogen (secondary N) is 1. The molecule has 0 unspecified atom stereocenters. The maximum atomic E-state index is 12.3. The van der Waals surface area contributed by atoms with Crippen LogP contribution in [0.15, 0.2) is 29.4 Å². The van der Waals surface area contributed by atoms with Crippen LogP contribution in [0.2, 0.25) is 0 Å². The first-order valence-electron chi connectivity index (χ1n) is 9.87. The van der Waals surface area contributed by atoms with E-state index >= 15 is 0 Å². The zero-order valence-corrected chi connectivity index (χ0v) is 18.5. The number of aromatic nitrogens is 3. The highest BCUT2D eigenvalue weighted by atomic mass is 32.2. The highest BCUT2D eigenvalue weighted by Crippen LogP contribution is 2.31. The van der Waals surface area contributed by atoms with E-state index in [-0.39, 0.29) is 5.92 Å². The monoisotopic (exact) mass is 418 g/mol. The maximum absolute atomic E-state index is 12.3. The highest BCUT2D eigenvalue weighted by Gasteiger charge is 2.27. The third-order valence-electron chi connectivity index (χ3n) is 4.63. The molecular formula is C20H30N6O2S. The van der Waals surface area contributed by atoms with Crippen molar-refractivity contribution in [3.8, 4) is 11.4 Å². The predicted octanol–water partition coefficient (Wildman–Crippen LogP) is 3.12. The molecule has 0 spiro atoms. The number of nitrogens with zero attached hydrogens (tertiary/aromatic N) is 4. The van der Waals surface area contributed by atoms with Crippen molar-refractivity contribution in [2.75, 3.05) is 18.0 Å². The fourth-order valence-electron chi connectivity index (χ4n) is 3.08. The number of carbonyl (C=O) groups excluding carboxylic acids is 2. The van der Waals surface area contributed by atoms with Crippen molar-refractivity contribution in [3.63, 3.8) is 0 Å². The topological polar surface area (TPSA) is 106 Å². The minimum atomic E-state index is -0.854. The second-order valence-corrected chi connectivity index (χ2v) is 8.01. The van der Waals surface area contributed by atoms with Gasteiger partial charge in [0.1, 0.15) is 0 Å². The van der Waals surface area contributed by atoms with Crippen molar-refractivity contribution in [1.82, 2.24) is 20.1 Å². The van der Waals surface area contributed by atoms with Gasteiger partial charge in [0.25, 0.3) is 0 Å². The minimum absolute atomic E-state index is 0.0156. The molecule has 1 aromatic heterocycles. The Morgan fingerprint density at radius 2 is 1.76 bits per heavy atom. The van der Waals surface area contributed by atoms with E-state index in [2.05, 4.69) is 46.4 Å². The Morgan fingerprint density at radius 1 is 1.14 bits per heavy atom. The number of hydrogen-bond donors (Lipinski definition) is 2. The summed E-state index contributed by atoms with van der Waals surface area (Å²) >= 11 is 1.29. The predicted molar refractivity (Wildman–Crippen MR) is 117 cm³/mol. The van der Waals surface area contributed by atoms with E-state index in [1.807, 2.05) is 37.5 Å². The van der Waals surface area contributed by atoms with Gasteiger partial charge in [0.2, 0.25) is 5.91 Å². The van der Waals surface area contributed by atoms with Crippen LogP contribution in [0.5, 0.6) is 0 Å². The summed E-state index contributed by atoms with van der Waals surface area (Å²) in [5.74, 6) is 0.311. The van der Waals surface area contributed by atoms with E-state index in [9.17, 15) is 9.59 Å². The molecule has 0 saturated heterocycles. The van der Waals surface area contributed by atoms with Crippen LogP contribution >= 0.6 is 11.8 Å². The Bertz CT molecular complexity index is 830. The Balaban J connectivity index is 2.29. The zero-order valence-electron chi connectivity index (χ0n) is 17.7. The van der Waals surface area contributed by atoms with Crippen molar-refractivity contribution < 1.29 is 9.59 Å². The molecule has 0 aliphatic rings. The smallest absolute Gasteiger partial charge is 0.318 e. The van der Waals surface area contributed by atoms with Gasteiger partial charge in [-0.25, -0.2) is 4.79 Å². The number of amides is 3. The maximum Gasteiger partial charge on any atom is 0.318 e. The fourth-order valence-corrected chi connectivity index (χ4v) is 4.18. The number of primary amides is 1. The third kappa shape index (κ3) is 5.50. The number of hydrogen-bond acceptors (Lipinski definition) is 6. The standard InChI is InChI=1S/C20H30N6O2S/c1-6-25(7-2)15-11-9-14(10-12-15)17-23-24-20(26(17)8-3)29-16(13(4)5)18(27)22-19(21)28/h9-13,16H,6-8H2,1-5H3,(H3,21,22,27,28)/t16-/m1/s1. The molecule has 2 aromatic rings. The molecule has 0 fully saturated rings. The van der Waals surface area contributed by atoms with Gasteiger partial charge in [-0.3, -0.25) is 10.1 Å². The van der Waals surface area contributed by atoms with Gasteiger partial charge in [0.15, 0.2) is 11.0 Å². The summed E-state index contributed by atoms with van der Waals surface area (Å²) in [4.78, 5) is 25.7. The first kappa shape index (κ1) is 22.7. The SMILES string of the molecule is CCN(CC)c1ccc(-c2nnc(S[C@@H](C(=O)NC(N)=O)C(C)C)n2CC)cc1. The quantitative estimate of drug-likeness (QED) is 0.606. The van der Waals surface area contributed by atoms with E-state index in [1.165, 1.54) is 17.4 Å². The van der Waals surface area contributed by atoms with Crippen LogP contribution in [0.25, 0.3) is 11.4 Å². The van der Waals surface area contributed by atoms with Crippen LogP contribution in [-0.4, -0.2) is 45.0 Å². The molecule has 9 heteroatoms. The Kier molecular flexibility index (Phi) is 8.07. The van der Waals surface area contributed by atoms with Crippen molar-refractivity contribution in [2.45, 2.75) is 51.6 Å². The molecule has 0 bridgehead atoms. The summed E-state index contributed by atoms with van der Waals surface area (Å²) in [5, 5.41) is 11.0. The number of rotatable bonds is 9. The van der Waals surface area contributed by atoms with E-state index in [1.54, 1.807) is 0 Å². The fraction of sp³-hybridized carbons (Fsp3) is 0.500. The highest BCUT2D eigenvalue weighted by molar-refractivity contribution is 8.00. The lowest BCUT2D eigenvalue weighted by atomic mass is 10.1. The number of thioether (sulfide) groups is 1. The van der Waals surface area contributed by atoms with Crippen LogP contribution in [0.1, 0.15) is 34.6 Å². The number of imide groups is 1. The summed E-state index contributed by atoms with van der Waals surface area (Å²) in [6, 6.07) is 7.39. The lowest BCUT2D eigenvalue weighted by Crippen LogP contribution is -2.42. The molecule has 2 rings (SSSR count). The molecule has 0 aliphatic heterocycles. The summed E-state index contributed by atoms with van der Waals surface area (Å²) in [7, 11) is 0. The van der Waals surface area contributed by atoms with Gasteiger partial charge in [-0.15, -0.1) is 10.2 Å². The summed E-state index contributed by atoms with van der Waals surface area (Å²) in [6.07, 6.45) is 0. The molecule has 1 atom stereocenters. The van der Waals surface area contributed by atoms with Crippen molar-refractivity contribution in [3.05, 3.63) is 24.3 Å². The zero-order chi connectivity index (χ0) is 21.6. The van der Waals surface area contributed by atoms with Gasteiger partial charge >= 0.3 is 6.03 Å². The molecule has 158 valence electrons. The van der Waals surface area contributed by atoms with Crippen LogP contribution in [0.4, 0.5) is 10.5 Å². The summed E-state index contributed by atoms with van der Waals surface area (Å²) in [5.41, 5.74) is 7.23. The Labute approximate surface area is 176 Å². The van der Waals surface area contributed by atoms with Crippen LogP contribution < -0.4 is 16.0 Å². The van der Waals surface area contributed by atoms with Gasteiger partial charge in [-0.1, -0.05) is 25.6 Å². The molecule has 3 amide bonds. The van der Waals surface area contributed by atoms with Crippen molar-refractivity contribution in [2.24, 2.45) is 11.7 Å². The third-order valence-corrected chi connectivity index (χ3v) is 6.16. The molecule has 1 aromatic carbocycles. The Hall–Kier alpha value is -2.55. The van der Waals surface area contributed by atoms with Crippen LogP contribution in [0.3, 0.4) is 0 Å². The number of anilines is 1. The van der Waals surface area contributed by atoms with E-state index in [4.69, 9.17) is 5.73 Å². The Morgan fingerprint density at radius 3 is 2.24 bits per heavy atom. The van der Waals surface area contributed by atoms with Gasteiger partial charge in [0.05, 0.1) is 5.25 Å². The van der Waals surface area contributed by atoms with Crippen molar-refractivity contribution >= 4 is 29.4 Å². The summed E-state index contributed by atoms with van der Waals surface area (Å²) in [6.45, 7) is 12.7. The molecule has 0 saturated carbocycles. The first-order valence-corrected chi connectivity index (χ1v) is 10.8. The van der Waals surface area contributed by atoms with Gasteiger partial charge in [-0.2, -0.15) is 0 Å². The summed E-state index contributed by atoms with van der Waals surface area (Å²) < 4.78 is 1.98. The average Bonchev–Trinajstić information content (AvgIpc) is 3.09. The van der Waals surface area contributed by atoms with Gasteiger partial charge in [0, 0.05) is 30.9 Å². The molecule has 1 heterocycles. The molecule has 3 N–H and O–H groups in total. The number of benzene rings is 1. The second-order valence-electron chi connectivity index (χ2n) is 6.91. The molecular weight excluding hydrogens is 388 g/mol. The van der Waals surface area contributed by atoms with Gasteiger partial charge in [-0.05, 0) is 51.0 Å². The van der Waals surface area contributed by atoms with E-state index in [0.717, 1.165) is 24.5 Å². The van der Waals surface area contributed by atoms with Gasteiger partial charge < -0.3 is 15.2 Å². The largest absolute Gasteiger partial charge is 0.372 e. The number of nitrogens with two attached hydrogens (primary N) is 1. The number of urea groups is 1. The normalized spacial score (nSPS) is 12.1. The molecule has 0 radical (unpaired) electrons. The average molecular weight is 419 g/mol. The van der Waals surface area contributed by atoms with E-state index in [0.29, 0.717) is 11.7 Å². The van der Waals surface area contributed by atoms with Crippen LogP contribution in [0, 0.1) is 5.92 Å². The lowest BCUT2D eigenvalue weighted by molar-refractivity contribution is -0.120. The first-order chi connectivity index (χ1) is 13.8.